The summed E-state index contributed by atoms with van der Waals surface area (Å²) in [5.74, 6) is -0.485. The number of hydrogen-bond acceptors (Lipinski definition) is 4. The van der Waals surface area contributed by atoms with Gasteiger partial charge in [-0.2, -0.15) is 0 Å². The highest BCUT2D eigenvalue weighted by Crippen LogP contribution is 2.25. The molecule has 0 spiro atoms. The highest BCUT2D eigenvalue weighted by molar-refractivity contribution is 7.98. The molecule has 0 aliphatic heterocycles. The van der Waals surface area contributed by atoms with Gasteiger partial charge in [0, 0.05) is 10.6 Å². The molecular weight excluding hydrogens is 351 g/mol. The third-order valence-corrected chi connectivity index (χ3v) is 4.81. The Bertz CT molecular complexity index is 775. The van der Waals surface area contributed by atoms with Crippen molar-refractivity contribution in [1.29, 1.82) is 0 Å². The molecule has 124 valence electrons. The molecule has 9 heteroatoms. The van der Waals surface area contributed by atoms with Crippen molar-refractivity contribution in [2.24, 2.45) is 0 Å². The number of halogens is 3. The van der Waals surface area contributed by atoms with Crippen LogP contribution in [0.25, 0.3) is 0 Å². The third kappa shape index (κ3) is 5.07. The SMILES string of the molecule is CSc1cccc(NS(=O)(=O)c2ccc(OC(F)(F)F)cc2)c1. The number of alkyl halides is 3. The normalized spacial score (nSPS) is 12.0. The van der Waals surface area contributed by atoms with Gasteiger partial charge in [0.05, 0.1) is 4.90 Å². The monoisotopic (exact) mass is 363 g/mol. The van der Waals surface area contributed by atoms with Crippen LogP contribution in [-0.2, 0) is 10.0 Å². The minimum atomic E-state index is -4.82. The fourth-order valence-corrected chi connectivity index (χ4v) is 3.23. The van der Waals surface area contributed by atoms with Gasteiger partial charge >= 0.3 is 6.36 Å². The first-order valence-electron chi connectivity index (χ1n) is 6.22. The van der Waals surface area contributed by atoms with E-state index in [1.54, 1.807) is 18.2 Å². The Morgan fingerprint density at radius 1 is 1.09 bits per heavy atom. The van der Waals surface area contributed by atoms with Gasteiger partial charge in [0.15, 0.2) is 0 Å². The Balaban J connectivity index is 2.19. The summed E-state index contributed by atoms with van der Waals surface area (Å²) in [6.07, 6.45) is -2.97. The van der Waals surface area contributed by atoms with Crippen LogP contribution >= 0.6 is 11.8 Å². The molecule has 0 aliphatic rings. The molecule has 0 saturated heterocycles. The summed E-state index contributed by atoms with van der Waals surface area (Å²) in [7, 11) is -3.89. The molecule has 1 N–H and O–H groups in total. The van der Waals surface area contributed by atoms with E-state index in [1.165, 1.54) is 11.8 Å². The second kappa shape index (κ2) is 6.71. The van der Waals surface area contributed by atoms with E-state index in [0.717, 1.165) is 29.2 Å². The lowest BCUT2D eigenvalue weighted by Crippen LogP contribution is -2.17. The van der Waals surface area contributed by atoms with E-state index in [-0.39, 0.29) is 4.90 Å². The minimum absolute atomic E-state index is 0.165. The van der Waals surface area contributed by atoms with E-state index in [0.29, 0.717) is 5.69 Å². The van der Waals surface area contributed by atoms with Crippen LogP contribution in [0.3, 0.4) is 0 Å². The lowest BCUT2D eigenvalue weighted by Gasteiger charge is -2.11. The molecule has 2 aromatic carbocycles. The predicted octanol–water partition coefficient (Wildman–Crippen LogP) is 4.11. The number of sulfonamides is 1. The van der Waals surface area contributed by atoms with Gasteiger partial charge < -0.3 is 4.74 Å². The molecule has 4 nitrogen and oxygen atoms in total. The quantitative estimate of drug-likeness (QED) is 0.813. The van der Waals surface area contributed by atoms with Crippen molar-refractivity contribution >= 4 is 27.5 Å². The highest BCUT2D eigenvalue weighted by atomic mass is 32.2. The summed E-state index contributed by atoms with van der Waals surface area (Å²) in [5, 5.41) is 0. The average Bonchev–Trinajstić information content (AvgIpc) is 2.46. The molecule has 0 aliphatic carbocycles. The van der Waals surface area contributed by atoms with Gasteiger partial charge in [-0.3, -0.25) is 4.72 Å². The standard InChI is InChI=1S/C14H12F3NO3S2/c1-22-12-4-2-3-10(9-12)18-23(19,20)13-7-5-11(6-8-13)21-14(15,16)17/h2-9,18H,1H3. The van der Waals surface area contributed by atoms with Crippen LogP contribution in [0, 0.1) is 0 Å². The van der Waals surface area contributed by atoms with Gasteiger partial charge in [-0.25, -0.2) is 8.42 Å². The van der Waals surface area contributed by atoms with E-state index < -0.39 is 22.1 Å². The Labute approximate surface area is 135 Å². The average molecular weight is 363 g/mol. The molecule has 0 bridgehead atoms. The maximum Gasteiger partial charge on any atom is 0.573 e. The lowest BCUT2D eigenvalue weighted by atomic mass is 10.3. The van der Waals surface area contributed by atoms with Crippen LogP contribution in [-0.4, -0.2) is 21.0 Å². The Hall–Kier alpha value is -1.87. The van der Waals surface area contributed by atoms with Gasteiger partial charge in [0.1, 0.15) is 5.75 Å². The van der Waals surface area contributed by atoms with Crippen molar-refractivity contribution in [2.45, 2.75) is 16.2 Å². The number of nitrogens with one attached hydrogen (secondary N) is 1. The summed E-state index contributed by atoms with van der Waals surface area (Å²) >= 11 is 1.45. The first kappa shape index (κ1) is 17.5. The lowest BCUT2D eigenvalue weighted by molar-refractivity contribution is -0.274. The van der Waals surface area contributed by atoms with Crippen molar-refractivity contribution in [2.75, 3.05) is 11.0 Å². The predicted molar refractivity (Wildman–Crippen MR) is 82.2 cm³/mol. The third-order valence-electron chi connectivity index (χ3n) is 2.69. The van der Waals surface area contributed by atoms with Crippen LogP contribution in [0.4, 0.5) is 18.9 Å². The molecular formula is C14H12F3NO3S2. The Morgan fingerprint density at radius 3 is 2.30 bits per heavy atom. The van der Waals surface area contributed by atoms with Crippen LogP contribution in [0.1, 0.15) is 0 Å². The molecule has 0 atom stereocenters. The zero-order chi connectivity index (χ0) is 17.1. The molecule has 0 radical (unpaired) electrons. The van der Waals surface area contributed by atoms with Crippen LogP contribution in [0.2, 0.25) is 0 Å². The van der Waals surface area contributed by atoms with E-state index >= 15 is 0 Å². The molecule has 0 heterocycles. The number of hydrogen-bond donors (Lipinski definition) is 1. The van der Waals surface area contributed by atoms with Gasteiger partial charge in [-0.15, -0.1) is 24.9 Å². The van der Waals surface area contributed by atoms with Gasteiger partial charge in [0.2, 0.25) is 0 Å². The van der Waals surface area contributed by atoms with Crippen LogP contribution < -0.4 is 9.46 Å². The maximum absolute atomic E-state index is 12.2. The van der Waals surface area contributed by atoms with Crippen molar-refractivity contribution < 1.29 is 26.3 Å². The van der Waals surface area contributed by atoms with Crippen LogP contribution in [0.5, 0.6) is 5.75 Å². The fraction of sp³-hybridized carbons (Fsp3) is 0.143. The number of thioether (sulfide) groups is 1. The highest BCUT2D eigenvalue weighted by Gasteiger charge is 2.31. The zero-order valence-corrected chi connectivity index (χ0v) is 13.4. The number of rotatable bonds is 5. The minimum Gasteiger partial charge on any atom is -0.406 e. The second-order valence-corrected chi connectivity index (χ2v) is 6.92. The summed E-state index contributed by atoms with van der Waals surface area (Å²) in [6.45, 7) is 0. The number of ether oxygens (including phenoxy) is 1. The summed E-state index contributed by atoms with van der Waals surface area (Å²) in [4.78, 5) is 0.709. The fourth-order valence-electron chi connectivity index (χ4n) is 1.72. The van der Waals surface area contributed by atoms with Gasteiger partial charge in [-0.1, -0.05) is 6.07 Å². The van der Waals surface area contributed by atoms with E-state index in [4.69, 9.17) is 0 Å². The maximum atomic E-state index is 12.2. The summed E-state index contributed by atoms with van der Waals surface area (Å²) in [6, 6.07) is 10.7. The van der Waals surface area contributed by atoms with E-state index in [2.05, 4.69) is 9.46 Å². The molecule has 23 heavy (non-hydrogen) atoms. The van der Waals surface area contributed by atoms with E-state index in [1.807, 2.05) is 12.3 Å². The molecule has 0 fully saturated rings. The number of benzene rings is 2. The van der Waals surface area contributed by atoms with Crippen LogP contribution in [0.15, 0.2) is 58.3 Å². The van der Waals surface area contributed by atoms with Gasteiger partial charge in [0.25, 0.3) is 10.0 Å². The first-order valence-corrected chi connectivity index (χ1v) is 8.93. The molecule has 0 unspecified atom stereocenters. The Morgan fingerprint density at radius 2 is 1.74 bits per heavy atom. The van der Waals surface area contributed by atoms with Gasteiger partial charge in [-0.05, 0) is 48.7 Å². The van der Waals surface area contributed by atoms with Crippen molar-refractivity contribution in [3.8, 4) is 5.75 Å². The van der Waals surface area contributed by atoms with Crippen molar-refractivity contribution in [3.05, 3.63) is 48.5 Å². The molecule has 0 aromatic heterocycles. The smallest absolute Gasteiger partial charge is 0.406 e. The van der Waals surface area contributed by atoms with Crippen molar-refractivity contribution in [1.82, 2.24) is 0 Å². The zero-order valence-electron chi connectivity index (χ0n) is 11.8. The Kier molecular flexibility index (Phi) is 5.10. The summed E-state index contributed by atoms with van der Waals surface area (Å²) < 4.78 is 66.7. The van der Waals surface area contributed by atoms with E-state index in [9.17, 15) is 21.6 Å². The van der Waals surface area contributed by atoms with Crippen molar-refractivity contribution in [3.63, 3.8) is 0 Å². The molecule has 0 saturated carbocycles. The molecule has 2 rings (SSSR count). The second-order valence-electron chi connectivity index (χ2n) is 4.36. The topological polar surface area (TPSA) is 55.4 Å². The first-order chi connectivity index (χ1) is 10.7. The molecule has 0 amide bonds. The summed E-state index contributed by atoms with van der Waals surface area (Å²) in [5.41, 5.74) is 0.368. The molecule has 2 aromatic rings. The largest absolute Gasteiger partial charge is 0.573 e. The number of anilines is 1.